The number of phenols is 1. The minimum absolute atomic E-state index is 0.146. The Morgan fingerprint density at radius 3 is 2.33 bits per heavy atom. The highest BCUT2D eigenvalue weighted by Gasteiger charge is 2.44. The van der Waals surface area contributed by atoms with E-state index in [0.29, 0.717) is 31.7 Å². The van der Waals surface area contributed by atoms with Crippen LogP contribution in [0.3, 0.4) is 0 Å². The molecule has 18 heavy (non-hydrogen) atoms. The third-order valence-corrected chi connectivity index (χ3v) is 3.66. The third-order valence-electron chi connectivity index (χ3n) is 3.66. The van der Waals surface area contributed by atoms with Crippen molar-refractivity contribution >= 4 is 5.97 Å². The van der Waals surface area contributed by atoms with E-state index >= 15 is 0 Å². The Kier molecular flexibility index (Phi) is 3.24. The van der Waals surface area contributed by atoms with Crippen LogP contribution in [0.1, 0.15) is 37.7 Å². The van der Waals surface area contributed by atoms with Crippen LogP contribution in [0.5, 0.6) is 5.75 Å². The first-order valence-corrected chi connectivity index (χ1v) is 5.89. The summed E-state index contributed by atoms with van der Waals surface area (Å²) in [4.78, 5) is 11.5. The Balaban J connectivity index is 2.59. The third kappa shape index (κ3) is 1.94. The SMILES string of the molecule is O=C(O)C1(c2cc(F)cc(F)c2O)CCCCC1. The van der Waals surface area contributed by atoms with Crippen LogP contribution in [-0.4, -0.2) is 16.2 Å². The van der Waals surface area contributed by atoms with E-state index in [-0.39, 0.29) is 5.56 Å². The van der Waals surface area contributed by atoms with Crippen LogP contribution in [0, 0.1) is 11.6 Å². The Morgan fingerprint density at radius 2 is 1.78 bits per heavy atom. The van der Waals surface area contributed by atoms with E-state index in [0.717, 1.165) is 12.5 Å². The molecule has 0 saturated heterocycles. The molecule has 0 radical (unpaired) electrons. The lowest BCUT2D eigenvalue weighted by Gasteiger charge is -2.34. The van der Waals surface area contributed by atoms with Gasteiger partial charge >= 0.3 is 5.97 Å². The summed E-state index contributed by atoms with van der Waals surface area (Å²) in [5.74, 6) is -3.87. The smallest absolute Gasteiger partial charge is 0.314 e. The zero-order chi connectivity index (χ0) is 13.3. The molecule has 1 aromatic carbocycles. The highest BCUT2D eigenvalue weighted by molar-refractivity contribution is 5.82. The van der Waals surface area contributed by atoms with Gasteiger partial charge in [0.1, 0.15) is 5.82 Å². The van der Waals surface area contributed by atoms with Crippen molar-refractivity contribution in [2.24, 2.45) is 0 Å². The van der Waals surface area contributed by atoms with Crippen molar-refractivity contribution in [3.8, 4) is 5.75 Å². The number of rotatable bonds is 2. The lowest BCUT2D eigenvalue weighted by atomic mass is 9.69. The number of carboxylic acids is 1. The van der Waals surface area contributed by atoms with Crippen LogP contribution in [0.15, 0.2) is 12.1 Å². The van der Waals surface area contributed by atoms with Crippen molar-refractivity contribution < 1.29 is 23.8 Å². The molecule has 5 heteroatoms. The molecule has 1 aromatic rings. The highest BCUT2D eigenvalue weighted by Crippen LogP contribution is 2.44. The van der Waals surface area contributed by atoms with Crippen LogP contribution in [0.25, 0.3) is 0 Å². The summed E-state index contributed by atoms with van der Waals surface area (Å²) in [6.45, 7) is 0. The number of halogens is 2. The van der Waals surface area contributed by atoms with Crippen LogP contribution < -0.4 is 0 Å². The molecule has 2 rings (SSSR count). The first-order chi connectivity index (χ1) is 8.47. The van der Waals surface area contributed by atoms with E-state index in [2.05, 4.69) is 0 Å². The molecule has 2 N–H and O–H groups in total. The normalized spacial score (nSPS) is 18.6. The zero-order valence-electron chi connectivity index (χ0n) is 9.75. The van der Waals surface area contributed by atoms with Gasteiger partial charge in [0, 0.05) is 11.6 Å². The summed E-state index contributed by atoms with van der Waals surface area (Å²) in [6.07, 6.45) is 2.82. The van der Waals surface area contributed by atoms with Gasteiger partial charge in [0.25, 0.3) is 0 Å². The molecule has 0 bridgehead atoms. The van der Waals surface area contributed by atoms with Gasteiger partial charge in [-0.05, 0) is 18.9 Å². The van der Waals surface area contributed by atoms with Gasteiger partial charge in [0.05, 0.1) is 5.41 Å². The van der Waals surface area contributed by atoms with Crippen LogP contribution in [0.4, 0.5) is 8.78 Å². The molecule has 1 aliphatic rings. The van der Waals surface area contributed by atoms with Gasteiger partial charge in [-0.2, -0.15) is 0 Å². The van der Waals surface area contributed by atoms with E-state index in [1.807, 2.05) is 0 Å². The largest absolute Gasteiger partial charge is 0.505 e. The van der Waals surface area contributed by atoms with E-state index in [1.54, 1.807) is 0 Å². The Labute approximate surface area is 103 Å². The second-order valence-corrected chi connectivity index (χ2v) is 4.73. The molecule has 0 aliphatic heterocycles. The molecule has 1 fully saturated rings. The molecular formula is C13H14F2O3. The lowest BCUT2D eigenvalue weighted by Crippen LogP contribution is -2.38. The van der Waals surface area contributed by atoms with Gasteiger partial charge in [0.15, 0.2) is 11.6 Å². The van der Waals surface area contributed by atoms with Gasteiger partial charge < -0.3 is 10.2 Å². The number of hydrogen-bond acceptors (Lipinski definition) is 2. The first-order valence-electron chi connectivity index (χ1n) is 5.89. The Bertz CT molecular complexity index is 479. The number of aromatic hydroxyl groups is 1. The number of carboxylic acid groups (broad SMARTS) is 1. The maximum atomic E-state index is 13.3. The van der Waals surface area contributed by atoms with Gasteiger partial charge in [0.2, 0.25) is 0 Å². The monoisotopic (exact) mass is 256 g/mol. The second kappa shape index (κ2) is 4.55. The molecule has 0 amide bonds. The van der Waals surface area contributed by atoms with Gasteiger partial charge in [-0.25, -0.2) is 8.78 Å². The number of benzene rings is 1. The summed E-state index contributed by atoms with van der Waals surface area (Å²) in [5, 5.41) is 19.1. The summed E-state index contributed by atoms with van der Waals surface area (Å²) in [7, 11) is 0. The molecule has 0 heterocycles. The summed E-state index contributed by atoms with van der Waals surface area (Å²) in [6, 6.07) is 1.48. The van der Waals surface area contributed by atoms with Crippen molar-refractivity contribution in [1.29, 1.82) is 0 Å². The van der Waals surface area contributed by atoms with Gasteiger partial charge in [-0.1, -0.05) is 19.3 Å². The van der Waals surface area contributed by atoms with Crippen molar-refractivity contribution in [1.82, 2.24) is 0 Å². The van der Waals surface area contributed by atoms with Crippen molar-refractivity contribution in [2.45, 2.75) is 37.5 Å². The van der Waals surface area contributed by atoms with Crippen LogP contribution >= 0.6 is 0 Å². The predicted octanol–water partition coefficient (Wildman–Crippen LogP) is 2.96. The lowest BCUT2D eigenvalue weighted by molar-refractivity contribution is -0.145. The van der Waals surface area contributed by atoms with Crippen LogP contribution in [-0.2, 0) is 10.2 Å². The molecule has 0 atom stereocenters. The minimum atomic E-state index is -1.37. The van der Waals surface area contributed by atoms with Crippen molar-refractivity contribution in [2.75, 3.05) is 0 Å². The quantitative estimate of drug-likeness (QED) is 0.855. The van der Waals surface area contributed by atoms with Crippen LogP contribution in [0.2, 0.25) is 0 Å². The number of aliphatic carboxylic acids is 1. The van der Waals surface area contributed by atoms with E-state index in [4.69, 9.17) is 0 Å². The van der Waals surface area contributed by atoms with Gasteiger partial charge in [-0.15, -0.1) is 0 Å². The summed E-state index contributed by atoms with van der Waals surface area (Å²) >= 11 is 0. The summed E-state index contributed by atoms with van der Waals surface area (Å²) < 4.78 is 26.6. The minimum Gasteiger partial charge on any atom is -0.505 e. The highest BCUT2D eigenvalue weighted by atomic mass is 19.1. The molecule has 98 valence electrons. The van der Waals surface area contributed by atoms with E-state index in [1.165, 1.54) is 0 Å². The average molecular weight is 256 g/mol. The Hall–Kier alpha value is -1.65. The van der Waals surface area contributed by atoms with Gasteiger partial charge in [-0.3, -0.25) is 4.79 Å². The molecule has 0 unspecified atom stereocenters. The molecule has 0 aromatic heterocycles. The fourth-order valence-electron chi connectivity index (χ4n) is 2.68. The maximum absolute atomic E-state index is 13.3. The number of phenolic OH excluding ortho intramolecular Hbond substituents is 1. The molecule has 3 nitrogen and oxygen atoms in total. The number of carbonyl (C=O) groups is 1. The summed E-state index contributed by atoms with van der Waals surface area (Å²) in [5.41, 5.74) is -1.52. The molecule has 1 aliphatic carbocycles. The number of hydrogen-bond donors (Lipinski definition) is 2. The standard InChI is InChI=1S/C13H14F2O3/c14-8-6-9(11(16)10(15)7-8)13(12(17)18)4-2-1-3-5-13/h6-7,16H,1-5H2,(H,17,18). The fourth-order valence-corrected chi connectivity index (χ4v) is 2.68. The molecule has 1 saturated carbocycles. The van der Waals surface area contributed by atoms with E-state index in [9.17, 15) is 23.8 Å². The predicted molar refractivity (Wildman–Crippen MR) is 60.4 cm³/mol. The Morgan fingerprint density at radius 1 is 1.17 bits per heavy atom. The van der Waals surface area contributed by atoms with Crippen molar-refractivity contribution in [3.63, 3.8) is 0 Å². The first kappa shape index (κ1) is 12.8. The molecule has 0 spiro atoms. The average Bonchev–Trinajstić information content (AvgIpc) is 2.34. The fraction of sp³-hybridized carbons (Fsp3) is 0.462. The zero-order valence-corrected chi connectivity index (χ0v) is 9.75. The van der Waals surface area contributed by atoms with E-state index < -0.39 is 28.8 Å². The maximum Gasteiger partial charge on any atom is 0.314 e. The molecular weight excluding hydrogens is 242 g/mol. The van der Waals surface area contributed by atoms with Crippen molar-refractivity contribution in [3.05, 3.63) is 29.3 Å². The second-order valence-electron chi connectivity index (χ2n) is 4.73. The topological polar surface area (TPSA) is 57.5 Å².